The fraction of sp³-hybridized carbons (Fsp3) is 0.400. The van der Waals surface area contributed by atoms with Crippen LogP contribution in [0.25, 0.3) is 11.0 Å². The molecule has 3 rings (SSSR count). The Morgan fingerprint density at radius 3 is 2.19 bits per heavy atom. The van der Waals surface area contributed by atoms with Crippen LogP contribution in [0.15, 0.2) is 48.5 Å². The highest BCUT2D eigenvalue weighted by atomic mass is 16.2. The van der Waals surface area contributed by atoms with E-state index < -0.39 is 0 Å². The normalized spacial score (nSPS) is 12.4. The van der Waals surface area contributed by atoms with E-state index in [1.54, 1.807) is 0 Å². The number of aryl methyl sites for hydroxylation is 1. The standard InChI is InChI=1S/C25H32N4O2/c1-16(2)29(17(3)4)23(30)15-28-22-10-8-7-9-21(22)27-24(28)19(6)26-25(31)20-13-11-18(5)12-14-20/h7-14,16-17,19H,15H2,1-6H3,(H,26,31). The number of imidazole rings is 1. The van der Waals surface area contributed by atoms with Crippen molar-refractivity contribution in [2.75, 3.05) is 0 Å². The van der Waals surface area contributed by atoms with Crippen molar-refractivity contribution in [2.24, 2.45) is 0 Å². The number of fused-ring (bicyclic) bond motifs is 1. The van der Waals surface area contributed by atoms with Gasteiger partial charge in [0.2, 0.25) is 5.91 Å². The summed E-state index contributed by atoms with van der Waals surface area (Å²) in [6.07, 6.45) is 0. The first-order valence-corrected chi connectivity index (χ1v) is 10.8. The average Bonchev–Trinajstić information content (AvgIpc) is 3.06. The molecular weight excluding hydrogens is 388 g/mol. The number of aromatic nitrogens is 2. The van der Waals surface area contributed by atoms with Crippen molar-refractivity contribution in [3.8, 4) is 0 Å². The van der Waals surface area contributed by atoms with E-state index >= 15 is 0 Å². The van der Waals surface area contributed by atoms with E-state index in [2.05, 4.69) is 5.32 Å². The molecule has 1 N–H and O–H groups in total. The fourth-order valence-corrected chi connectivity index (χ4v) is 4.03. The first kappa shape index (κ1) is 22.5. The molecule has 164 valence electrons. The molecule has 6 heteroatoms. The maximum Gasteiger partial charge on any atom is 0.251 e. The van der Waals surface area contributed by atoms with Gasteiger partial charge in [0, 0.05) is 17.6 Å². The summed E-state index contributed by atoms with van der Waals surface area (Å²) in [5, 5.41) is 3.03. The number of nitrogens with one attached hydrogen (secondary N) is 1. The van der Waals surface area contributed by atoms with Gasteiger partial charge in [0.05, 0.1) is 17.1 Å². The molecule has 0 radical (unpaired) electrons. The SMILES string of the molecule is Cc1ccc(C(=O)NC(C)c2nc3ccccc3n2CC(=O)N(C(C)C)C(C)C)cc1. The predicted octanol–water partition coefficient (Wildman–Crippen LogP) is 4.48. The molecule has 0 spiro atoms. The zero-order chi connectivity index (χ0) is 22.7. The van der Waals surface area contributed by atoms with Crippen molar-refractivity contribution in [2.45, 2.75) is 66.2 Å². The molecule has 0 bridgehead atoms. The highest BCUT2D eigenvalue weighted by molar-refractivity contribution is 5.94. The molecule has 1 aromatic heterocycles. The summed E-state index contributed by atoms with van der Waals surface area (Å²) in [7, 11) is 0. The fourth-order valence-electron chi connectivity index (χ4n) is 4.03. The molecule has 6 nitrogen and oxygen atoms in total. The monoisotopic (exact) mass is 420 g/mol. The number of benzene rings is 2. The largest absolute Gasteiger partial charge is 0.342 e. The minimum Gasteiger partial charge on any atom is -0.342 e. The second kappa shape index (κ2) is 9.33. The summed E-state index contributed by atoms with van der Waals surface area (Å²) in [5.41, 5.74) is 3.39. The van der Waals surface area contributed by atoms with Crippen LogP contribution in [0.4, 0.5) is 0 Å². The summed E-state index contributed by atoms with van der Waals surface area (Å²) < 4.78 is 1.93. The number of hydrogen-bond donors (Lipinski definition) is 1. The van der Waals surface area contributed by atoms with Crippen LogP contribution in [0.2, 0.25) is 0 Å². The second-order valence-electron chi connectivity index (χ2n) is 8.59. The minimum absolute atomic E-state index is 0.0338. The molecule has 3 aromatic rings. The van der Waals surface area contributed by atoms with Gasteiger partial charge in [-0.1, -0.05) is 29.8 Å². The molecule has 1 unspecified atom stereocenters. The van der Waals surface area contributed by atoms with E-state index in [0.717, 1.165) is 16.6 Å². The van der Waals surface area contributed by atoms with Crippen LogP contribution in [0.5, 0.6) is 0 Å². The third-order valence-corrected chi connectivity index (χ3v) is 5.43. The lowest BCUT2D eigenvalue weighted by Gasteiger charge is -2.31. The van der Waals surface area contributed by atoms with Gasteiger partial charge in [-0.15, -0.1) is 0 Å². The van der Waals surface area contributed by atoms with Gasteiger partial charge in [0.15, 0.2) is 0 Å². The first-order valence-electron chi connectivity index (χ1n) is 10.8. The Balaban J connectivity index is 1.92. The highest BCUT2D eigenvalue weighted by Gasteiger charge is 2.25. The Hall–Kier alpha value is -3.15. The number of para-hydroxylation sites is 2. The van der Waals surface area contributed by atoms with Crippen LogP contribution in [-0.2, 0) is 11.3 Å². The Kier molecular flexibility index (Phi) is 6.78. The van der Waals surface area contributed by atoms with Crippen molar-refractivity contribution < 1.29 is 9.59 Å². The molecule has 31 heavy (non-hydrogen) atoms. The molecule has 0 aliphatic rings. The lowest BCUT2D eigenvalue weighted by molar-refractivity contribution is -0.135. The van der Waals surface area contributed by atoms with Crippen molar-refractivity contribution in [1.29, 1.82) is 0 Å². The van der Waals surface area contributed by atoms with E-state index in [1.165, 1.54) is 0 Å². The van der Waals surface area contributed by atoms with Crippen molar-refractivity contribution >= 4 is 22.8 Å². The van der Waals surface area contributed by atoms with Gasteiger partial charge in [-0.25, -0.2) is 4.98 Å². The molecule has 0 saturated heterocycles. The van der Waals surface area contributed by atoms with Crippen LogP contribution in [0.3, 0.4) is 0 Å². The lowest BCUT2D eigenvalue weighted by atomic mass is 10.1. The van der Waals surface area contributed by atoms with Crippen molar-refractivity contribution in [3.05, 3.63) is 65.5 Å². The Morgan fingerprint density at radius 2 is 1.58 bits per heavy atom. The number of nitrogens with zero attached hydrogens (tertiary/aromatic N) is 3. The van der Waals surface area contributed by atoms with Crippen LogP contribution in [0, 0.1) is 6.92 Å². The van der Waals surface area contributed by atoms with E-state index in [-0.39, 0.29) is 36.5 Å². The number of rotatable bonds is 7. The van der Waals surface area contributed by atoms with Gasteiger partial charge in [0.1, 0.15) is 12.4 Å². The predicted molar refractivity (Wildman–Crippen MR) is 124 cm³/mol. The number of carbonyl (C=O) groups is 2. The smallest absolute Gasteiger partial charge is 0.251 e. The number of hydrogen-bond acceptors (Lipinski definition) is 3. The van der Waals surface area contributed by atoms with E-state index in [0.29, 0.717) is 11.4 Å². The number of amides is 2. The molecule has 1 atom stereocenters. The van der Waals surface area contributed by atoms with Gasteiger partial charge in [-0.2, -0.15) is 0 Å². The lowest BCUT2D eigenvalue weighted by Crippen LogP contribution is -2.44. The molecule has 0 aliphatic carbocycles. The maximum absolute atomic E-state index is 13.2. The van der Waals surface area contributed by atoms with Crippen LogP contribution < -0.4 is 5.32 Å². The molecule has 1 heterocycles. The third-order valence-electron chi connectivity index (χ3n) is 5.43. The van der Waals surface area contributed by atoms with Crippen molar-refractivity contribution in [3.63, 3.8) is 0 Å². The molecule has 2 amide bonds. The highest BCUT2D eigenvalue weighted by Crippen LogP contribution is 2.22. The average molecular weight is 421 g/mol. The Bertz CT molecular complexity index is 1060. The van der Waals surface area contributed by atoms with Crippen LogP contribution in [-0.4, -0.2) is 38.3 Å². The van der Waals surface area contributed by atoms with E-state index in [1.807, 2.05) is 99.5 Å². The van der Waals surface area contributed by atoms with Crippen LogP contribution in [0.1, 0.15) is 62.4 Å². The van der Waals surface area contributed by atoms with Gasteiger partial charge < -0.3 is 14.8 Å². The molecular formula is C25H32N4O2. The Labute approximate surface area is 184 Å². The number of carbonyl (C=O) groups excluding carboxylic acids is 2. The van der Waals surface area contributed by atoms with Gasteiger partial charge in [-0.3, -0.25) is 9.59 Å². The Morgan fingerprint density at radius 1 is 0.968 bits per heavy atom. The topological polar surface area (TPSA) is 67.2 Å². The van der Waals surface area contributed by atoms with E-state index in [4.69, 9.17) is 4.98 Å². The quantitative estimate of drug-likeness (QED) is 0.613. The van der Waals surface area contributed by atoms with Crippen LogP contribution >= 0.6 is 0 Å². The maximum atomic E-state index is 13.2. The summed E-state index contributed by atoms with van der Waals surface area (Å²) in [5.74, 6) is 0.539. The molecule has 0 saturated carbocycles. The van der Waals surface area contributed by atoms with Gasteiger partial charge >= 0.3 is 0 Å². The minimum atomic E-state index is -0.361. The molecule has 2 aromatic carbocycles. The summed E-state index contributed by atoms with van der Waals surface area (Å²) in [6.45, 7) is 12.2. The zero-order valence-corrected chi connectivity index (χ0v) is 19.2. The molecule has 0 aliphatic heterocycles. The first-order chi connectivity index (χ1) is 14.7. The summed E-state index contributed by atoms with van der Waals surface area (Å²) in [4.78, 5) is 32.6. The summed E-state index contributed by atoms with van der Waals surface area (Å²) >= 11 is 0. The van der Waals surface area contributed by atoms with Crippen molar-refractivity contribution in [1.82, 2.24) is 19.8 Å². The van der Waals surface area contributed by atoms with Gasteiger partial charge in [-0.05, 0) is 65.8 Å². The van der Waals surface area contributed by atoms with Gasteiger partial charge in [0.25, 0.3) is 5.91 Å². The third kappa shape index (κ3) is 4.95. The second-order valence-corrected chi connectivity index (χ2v) is 8.59. The summed E-state index contributed by atoms with van der Waals surface area (Å²) in [6, 6.07) is 15.1. The molecule has 0 fully saturated rings. The zero-order valence-electron chi connectivity index (χ0n) is 19.2. The van der Waals surface area contributed by atoms with E-state index in [9.17, 15) is 9.59 Å².